The molecule has 102 valence electrons. The number of imidazole rings is 1. The summed E-state index contributed by atoms with van der Waals surface area (Å²) in [6, 6.07) is 9.96. The monoisotopic (exact) mass is 271 g/mol. The van der Waals surface area contributed by atoms with E-state index in [1.165, 1.54) is 0 Å². The third-order valence-electron chi connectivity index (χ3n) is 3.33. The van der Waals surface area contributed by atoms with Gasteiger partial charge in [-0.3, -0.25) is 0 Å². The molecule has 0 saturated heterocycles. The van der Waals surface area contributed by atoms with E-state index in [9.17, 15) is 4.39 Å². The molecule has 1 atom stereocenters. The topological polar surface area (TPSA) is 55.6 Å². The standard InChI is InChI=1S/C14H14FN5/c1-9(10-6-4-3-5-7-10)20-8-17-11-12(16-2)18-14(15)19-13(11)20/h3-9H,1-2H3,(H,16,18,19). The van der Waals surface area contributed by atoms with Gasteiger partial charge in [0.05, 0.1) is 12.4 Å². The lowest BCUT2D eigenvalue weighted by Gasteiger charge is -2.14. The molecule has 5 nitrogen and oxygen atoms in total. The molecular weight excluding hydrogens is 257 g/mol. The molecule has 0 spiro atoms. The van der Waals surface area contributed by atoms with Crippen molar-refractivity contribution < 1.29 is 4.39 Å². The van der Waals surface area contributed by atoms with Crippen LogP contribution in [0.3, 0.4) is 0 Å². The van der Waals surface area contributed by atoms with Crippen molar-refractivity contribution in [3.63, 3.8) is 0 Å². The van der Waals surface area contributed by atoms with Gasteiger partial charge < -0.3 is 9.88 Å². The SMILES string of the molecule is CNc1nc(F)nc2c1ncn2C(C)c1ccccc1. The zero-order chi connectivity index (χ0) is 14.1. The quantitative estimate of drug-likeness (QED) is 0.744. The second-order valence-corrected chi connectivity index (χ2v) is 4.50. The number of rotatable bonds is 3. The Labute approximate surface area is 115 Å². The van der Waals surface area contributed by atoms with Crippen LogP contribution in [0.15, 0.2) is 36.7 Å². The highest BCUT2D eigenvalue weighted by Crippen LogP contribution is 2.24. The molecule has 0 saturated carbocycles. The Morgan fingerprint density at radius 2 is 1.95 bits per heavy atom. The molecule has 1 N–H and O–H groups in total. The van der Waals surface area contributed by atoms with E-state index >= 15 is 0 Å². The van der Waals surface area contributed by atoms with Gasteiger partial charge in [0.15, 0.2) is 17.0 Å². The number of hydrogen-bond acceptors (Lipinski definition) is 4. The molecule has 6 heteroatoms. The van der Waals surface area contributed by atoms with Crippen LogP contribution in [-0.2, 0) is 0 Å². The van der Waals surface area contributed by atoms with Crippen LogP contribution in [0, 0.1) is 6.08 Å². The summed E-state index contributed by atoms with van der Waals surface area (Å²) < 4.78 is 15.3. The van der Waals surface area contributed by atoms with E-state index in [0.717, 1.165) is 5.56 Å². The average Bonchev–Trinajstić information content (AvgIpc) is 2.90. The second-order valence-electron chi connectivity index (χ2n) is 4.50. The lowest BCUT2D eigenvalue weighted by molar-refractivity contribution is 0.540. The molecule has 3 rings (SSSR count). The van der Waals surface area contributed by atoms with Crippen molar-refractivity contribution in [2.45, 2.75) is 13.0 Å². The molecule has 0 amide bonds. The number of fused-ring (bicyclic) bond motifs is 1. The van der Waals surface area contributed by atoms with Crippen molar-refractivity contribution in [3.8, 4) is 0 Å². The smallest absolute Gasteiger partial charge is 0.312 e. The van der Waals surface area contributed by atoms with E-state index in [1.54, 1.807) is 13.4 Å². The number of hydrogen-bond donors (Lipinski definition) is 1. The van der Waals surface area contributed by atoms with Gasteiger partial charge in [0, 0.05) is 7.05 Å². The highest BCUT2D eigenvalue weighted by molar-refractivity contribution is 5.82. The maximum Gasteiger partial charge on any atom is 0.312 e. The Morgan fingerprint density at radius 1 is 1.20 bits per heavy atom. The van der Waals surface area contributed by atoms with Gasteiger partial charge in [-0.1, -0.05) is 30.3 Å². The number of benzene rings is 1. The molecule has 0 fully saturated rings. The van der Waals surface area contributed by atoms with Gasteiger partial charge >= 0.3 is 6.08 Å². The van der Waals surface area contributed by atoms with Crippen LogP contribution in [-0.4, -0.2) is 26.6 Å². The van der Waals surface area contributed by atoms with Crippen molar-refractivity contribution in [1.29, 1.82) is 0 Å². The van der Waals surface area contributed by atoms with Crippen LogP contribution in [0.2, 0.25) is 0 Å². The third-order valence-corrected chi connectivity index (χ3v) is 3.33. The fourth-order valence-corrected chi connectivity index (χ4v) is 2.24. The van der Waals surface area contributed by atoms with Gasteiger partial charge in [-0.2, -0.15) is 14.4 Å². The Morgan fingerprint density at radius 3 is 2.65 bits per heavy atom. The highest BCUT2D eigenvalue weighted by Gasteiger charge is 2.16. The first-order valence-corrected chi connectivity index (χ1v) is 6.33. The predicted molar refractivity (Wildman–Crippen MR) is 75.1 cm³/mol. The maximum atomic E-state index is 13.5. The fraction of sp³-hybridized carbons (Fsp3) is 0.214. The number of nitrogens with zero attached hydrogens (tertiary/aromatic N) is 4. The van der Waals surface area contributed by atoms with E-state index in [0.29, 0.717) is 17.0 Å². The lowest BCUT2D eigenvalue weighted by Crippen LogP contribution is -2.07. The van der Waals surface area contributed by atoms with Crippen LogP contribution in [0.1, 0.15) is 18.5 Å². The summed E-state index contributed by atoms with van der Waals surface area (Å²) >= 11 is 0. The number of nitrogens with one attached hydrogen (secondary N) is 1. The zero-order valence-electron chi connectivity index (χ0n) is 11.2. The molecule has 2 aromatic heterocycles. The first-order chi connectivity index (χ1) is 9.70. The first-order valence-electron chi connectivity index (χ1n) is 6.33. The van der Waals surface area contributed by atoms with Gasteiger partial charge in [0.1, 0.15) is 0 Å². The number of halogens is 1. The van der Waals surface area contributed by atoms with Gasteiger partial charge in [-0.15, -0.1) is 0 Å². The third kappa shape index (κ3) is 1.99. The highest BCUT2D eigenvalue weighted by atomic mass is 19.1. The predicted octanol–water partition coefficient (Wildman–Crippen LogP) is 2.62. The molecule has 0 aliphatic carbocycles. The first kappa shape index (κ1) is 12.5. The molecule has 0 aliphatic heterocycles. The van der Waals surface area contributed by atoms with Crippen molar-refractivity contribution in [1.82, 2.24) is 19.5 Å². The van der Waals surface area contributed by atoms with Crippen molar-refractivity contribution in [3.05, 3.63) is 48.3 Å². The van der Waals surface area contributed by atoms with Gasteiger partial charge in [-0.25, -0.2) is 4.98 Å². The Hall–Kier alpha value is -2.50. The number of anilines is 1. The van der Waals surface area contributed by atoms with E-state index in [2.05, 4.69) is 20.3 Å². The molecule has 20 heavy (non-hydrogen) atoms. The molecule has 0 aliphatic rings. The van der Waals surface area contributed by atoms with Crippen LogP contribution >= 0.6 is 0 Å². The van der Waals surface area contributed by atoms with E-state index < -0.39 is 6.08 Å². The molecule has 0 bridgehead atoms. The largest absolute Gasteiger partial charge is 0.371 e. The van der Waals surface area contributed by atoms with Crippen LogP contribution in [0.4, 0.5) is 10.2 Å². The van der Waals surface area contributed by atoms with E-state index in [-0.39, 0.29) is 6.04 Å². The number of aromatic nitrogens is 4. The summed E-state index contributed by atoms with van der Waals surface area (Å²) in [5, 5.41) is 2.84. The summed E-state index contributed by atoms with van der Waals surface area (Å²) in [4.78, 5) is 11.9. The minimum Gasteiger partial charge on any atom is -0.371 e. The maximum absolute atomic E-state index is 13.5. The summed E-state index contributed by atoms with van der Waals surface area (Å²) in [6.45, 7) is 2.02. The molecule has 2 heterocycles. The van der Waals surface area contributed by atoms with Gasteiger partial charge in [0.2, 0.25) is 0 Å². The Balaban J connectivity index is 2.15. The van der Waals surface area contributed by atoms with Crippen molar-refractivity contribution >= 4 is 17.0 Å². The van der Waals surface area contributed by atoms with Crippen molar-refractivity contribution in [2.24, 2.45) is 0 Å². The van der Waals surface area contributed by atoms with Gasteiger partial charge in [-0.05, 0) is 12.5 Å². The summed E-state index contributed by atoms with van der Waals surface area (Å²) in [7, 11) is 1.68. The van der Waals surface area contributed by atoms with E-state index in [4.69, 9.17) is 0 Å². The Kier molecular flexibility index (Phi) is 3.06. The summed E-state index contributed by atoms with van der Waals surface area (Å²) in [5.41, 5.74) is 2.16. The van der Waals surface area contributed by atoms with E-state index in [1.807, 2.05) is 41.8 Å². The molecular formula is C14H14FN5. The molecule has 1 unspecified atom stereocenters. The lowest BCUT2D eigenvalue weighted by atomic mass is 10.1. The second kappa shape index (κ2) is 4.88. The van der Waals surface area contributed by atoms with Crippen LogP contribution in [0.25, 0.3) is 11.2 Å². The summed E-state index contributed by atoms with van der Waals surface area (Å²) in [6.07, 6.45) is 0.904. The minimum atomic E-state index is -0.760. The van der Waals surface area contributed by atoms with Crippen LogP contribution in [0.5, 0.6) is 0 Å². The molecule has 1 aromatic carbocycles. The van der Waals surface area contributed by atoms with Crippen molar-refractivity contribution in [2.75, 3.05) is 12.4 Å². The zero-order valence-corrected chi connectivity index (χ0v) is 11.2. The molecule has 0 radical (unpaired) electrons. The van der Waals surface area contributed by atoms with Crippen LogP contribution < -0.4 is 5.32 Å². The fourth-order valence-electron chi connectivity index (χ4n) is 2.24. The normalized spacial score (nSPS) is 12.6. The minimum absolute atomic E-state index is 0.0141. The summed E-state index contributed by atoms with van der Waals surface area (Å²) in [5.74, 6) is 0.395. The Bertz CT molecular complexity index is 738. The molecule has 3 aromatic rings. The van der Waals surface area contributed by atoms with Gasteiger partial charge in [0.25, 0.3) is 0 Å². The average molecular weight is 271 g/mol.